The molecule has 0 aromatic heterocycles. The number of aryl methyl sites for hydroxylation is 1. The summed E-state index contributed by atoms with van der Waals surface area (Å²) < 4.78 is 0. The van der Waals surface area contributed by atoms with Gasteiger partial charge in [0.1, 0.15) is 0 Å². The molecule has 0 aliphatic rings. The Labute approximate surface area is 100 Å². The van der Waals surface area contributed by atoms with Gasteiger partial charge in [-0.2, -0.15) is 0 Å². The van der Waals surface area contributed by atoms with Crippen molar-refractivity contribution >= 4 is 0 Å². The van der Waals surface area contributed by atoms with Crippen molar-refractivity contribution in [1.82, 2.24) is 0 Å². The van der Waals surface area contributed by atoms with E-state index in [0.29, 0.717) is 5.92 Å². The Morgan fingerprint density at radius 1 is 1.31 bits per heavy atom. The van der Waals surface area contributed by atoms with Gasteiger partial charge in [0.25, 0.3) is 0 Å². The van der Waals surface area contributed by atoms with E-state index in [0.717, 1.165) is 6.42 Å². The Balaban J connectivity index is 3.11. The molecule has 0 radical (unpaired) electrons. The van der Waals surface area contributed by atoms with Gasteiger partial charge >= 0.3 is 0 Å². The van der Waals surface area contributed by atoms with Crippen LogP contribution in [0.5, 0.6) is 0 Å². The fourth-order valence-electron chi connectivity index (χ4n) is 2.35. The SMILES string of the molecule is C=CCCC(C)(c1ccccc1C)C(C)C. The quantitative estimate of drug-likeness (QED) is 0.616. The highest BCUT2D eigenvalue weighted by Gasteiger charge is 2.30. The molecule has 0 heterocycles. The van der Waals surface area contributed by atoms with Gasteiger partial charge < -0.3 is 0 Å². The molecule has 1 atom stereocenters. The standard InChI is InChI=1S/C16H24/c1-6-7-12-16(5,13(2)3)15-11-9-8-10-14(15)4/h6,8-11,13H,1,7,12H2,2-5H3. The first-order valence-corrected chi connectivity index (χ1v) is 6.19. The first-order chi connectivity index (χ1) is 7.52. The summed E-state index contributed by atoms with van der Waals surface area (Å²) in [6.45, 7) is 13.1. The van der Waals surface area contributed by atoms with Gasteiger partial charge in [0, 0.05) is 0 Å². The molecule has 0 heteroatoms. The fourth-order valence-corrected chi connectivity index (χ4v) is 2.35. The summed E-state index contributed by atoms with van der Waals surface area (Å²) in [5, 5.41) is 0. The van der Waals surface area contributed by atoms with E-state index < -0.39 is 0 Å². The van der Waals surface area contributed by atoms with Crippen LogP contribution >= 0.6 is 0 Å². The Morgan fingerprint density at radius 2 is 1.94 bits per heavy atom. The van der Waals surface area contributed by atoms with Crippen LogP contribution in [0.25, 0.3) is 0 Å². The molecule has 0 aliphatic carbocycles. The van der Waals surface area contributed by atoms with Crippen molar-refractivity contribution in [2.45, 2.75) is 46.0 Å². The summed E-state index contributed by atoms with van der Waals surface area (Å²) >= 11 is 0. The van der Waals surface area contributed by atoms with E-state index in [2.05, 4.69) is 58.5 Å². The highest BCUT2D eigenvalue weighted by molar-refractivity contribution is 5.33. The number of benzene rings is 1. The zero-order valence-corrected chi connectivity index (χ0v) is 11.1. The average molecular weight is 216 g/mol. The monoisotopic (exact) mass is 216 g/mol. The van der Waals surface area contributed by atoms with E-state index in [1.54, 1.807) is 0 Å². The Morgan fingerprint density at radius 3 is 2.44 bits per heavy atom. The minimum atomic E-state index is 0.263. The molecular formula is C16H24. The van der Waals surface area contributed by atoms with Gasteiger partial charge in [-0.15, -0.1) is 6.58 Å². The van der Waals surface area contributed by atoms with E-state index in [4.69, 9.17) is 0 Å². The lowest BCUT2D eigenvalue weighted by atomic mass is 9.69. The lowest BCUT2D eigenvalue weighted by Gasteiger charge is -2.35. The predicted molar refractivity (Wildman–Crippen MR) is 72.8 cm³/mol. The highest BCUT2D eigenvalue weighted by Crippen LogP contribution is 2.38. The number of hydrogen-bond donors (Lipinski definition) is 0. The van der Waals surface area contributed by atoms with Crippen LogP contribution in [0.1, 0.15) is 44.7 Å². The lowest BCUT2D eigenvalue weighted by molar-refractivity contribution is 0.314. The molecule has 0 aliphatic heterocycles. The molecule has 0 nitrogen and oxygen atoms in total. The lowest BCUT2D eigenvalue weighted by Crippen LogP contribution is -2.29. The molecule has 1 rings (SSSR count). The van der Waals surface area contributed by atoms with Gasteiger partial charge in [0.05, 0.1) is 0 Å². The minimum Gasteiger partial charge on any atom is -0.103 e. The van der Waals surface area contributed by atoms with Crippen molar-refractivity contribution in [3.8, 4) is 0 Å². The maximum Gasteiger partial charge on any atom is -0.00467 e. The zero-order chi connectivity index (χ0) is 12.2. The Hall–Kier alpha value is -1.04. The third-order valence-electron chi connectivity index (χ3n) is 3.90. The first kappa shape index (κ1) is 13.0. The second kappa shape index (κ2) is 5.34. The van der Waals surface area contributed by atoms with E-state index in [1.807, 2.05) is 6.08 Å². The third kappa shape index (κ3) is 2.55. The average Bonchev–Trinajstić information content (AvgIpc) is 2.26. The molecular weight excluding hydrogens is 192 g/mol. The fraction of sp³-hybridized carbons (Fsp3) is 0.500. The van der Waals surface area contributed by atoms with Crippen LogP contribution in [0.3, 0.4) is 0 Å². The molecule has 1 unspecified atom stereocenters. The topological polar surface area (TPSA) is 0 Å². The van der Waals surface area contributed by atoms with Gasteiger partial charge in [-0.25, -0.2) is 0 Å². The third-order valence-corrected chi connectivity index (χ3v) is 3.90. The summed E-state index contributed by atoms with van der Waals surface area (Å²) in [6, 6.07) is 8.76. The molecule has 0 spiro atoms. The van der Waals surface area contributed by atoms with Crippen LogP contribution in [0.15, 0.2) is 36.9 Å². The molecule has 0 N–H and O–H groups in total. The largest absolute Gasteiger partial charge is 0.103 e. The Bertz CT molecular complexity index is 349. The zero-order valence-electron chi connectivity index (χ0n) is 11.1. The summed E-state index contributed by atoms with van der Waals surface area (Å²) in [6.07, 6.45) is 4.29. The van der Waals surface area contributed by atoms with E-state index in [-0.39, 0.29) is 5.41 Å². The van der Waals surface area contributed by atoms with Crippen molar-refractivity contribution < 1.29 is 0 Å². The molecule has 16 heavy (non-hydrogen) atoms. The van der Waals surface area contributed by atoms with Crippen molar-refractivity contribution in [1.29, 1.82) is 0 Å². The predicted octanol–water partition coefficient (Wildman–Crippen LogP) is 4.87. The van der Waals surface area contributed by atoms with Gasteiger partial charge in [-0.1, -0.05) is 51.1 Å². The molecule has 88 valence electrons. The van der Waals surface area contributed by atoms with Gasteiger partial charge in [0.15, 0.2) is 0 Å². The summed E-state index contributed by atoms with van der Waals surface area (Å²) in [4.78, 5) is 0. The first-order valence-electron chi connectivity index (χ1n) is 6.19. The smallest absolute Gasteiger partial charge is 0.00467 e. The number of hydrogen-bond acceptors (Lipinski definition) is 0. The molecule has 0 fully saturated rings. The molecule has 0 amide bonds. The van der Waals surface area contributed by atoms with Crippen LogP contribution in [-0.4, -0.2) is 0 Å². The maximum absolute atomic E-state index is 3.84. The summed E-state index contributed by atoms with van der Waals surface area (Å²) in [5.74, 6) is 0.647. The molecule has 0 saturated carbocycles. The molecule has 1 aromatic rings. The number of allylic oxidation sites excluding steroid dienone is 1. The molecule has 0 bridgehead atoms. The van der Waals surface area contributed by atoms with Gasteiger partial charge in [0.2, 0.25) is 0 Å². The van der Waals surface area contributed by atoms with Crippen LogP contribution in [0, 0.1) is 12.8 Å². The summed E-state index contributed by atoms with van der Waals surface area (Å²) in [7, 11) is 0. The minimum absolute atomic E-state index is 0.263. The second-order valence-electron chi connectivity index (χ2n) is 5.21. The second-order valence-corrected chi connectivity index (χ2v) is 5.21. The normalized spacial score (nSPS) is 14.8. The van der Waals surface area contributed by atoms with Crippen LogP contribution < -0.4 is 0 Å². The highest BCUT2D eigenvalue weighted by atomic mass is 14.3. The van der Waals surface area contributed by atoms with Crippen molar-refractivity contribution in [2.75, 3.05) is 0 Å². The van der Waals surface area contributed by atoms with E-state index in [1.165, 1.54) is 17.5 Å². The molecule has 0 saturated heterocycles. The van der Waals surface area contributed by atoms with Crippen LogP contribution in [-0.2, 0) is 5.41 Å². The van der Waals surface area contributed by atoms with Crippen molar-refractivity contribution in [2.24, 2.45) is 5.92 Å². The van der Waals surface area contributed by atoms with Gasteiger partial charge in [-0.05, 0) is 42.2 Å². The van der Waals surface area contributed by atoms with Crippen LogP contribution in [0.4, 0.5) is 0 Å². The summed E-state index contributed by atoms with van der Waals surface area (Å²) in [5.41, 5.74) is 3.16. The van der Waals surface area contributed by atoms with Gasteiger partial charge in [-0.3, -0.25) is 0 Å². The van der Waals surface area contributed by atoms with Crippen LogP contribution in [0.2, 0.25) is 0 Å². The molecule has 1 aromatic carbocycles. The maximum atomic E-state index is 3.84. The van der Waals surface area contributed by atoms with E-state index >= 15 is 0 Å². The van der Waals surface area contributed by atoms with Crippen molar-refractivity contribution in [3.05, 3.63) is 48.0 Å². The van der Waals surface area contributed by atoms with Crippen molar-refractivity contribution in [3.63, 3.8) is 0 Å². The Kier molecular flexibility index (Phi) is 4.35. The van der Waals surface area contributed by atoms with E-state index in [9.17, 15) is 0 Å². The number of rotatable bonds is 5.